The van der Waals surface area contributed by atoms with Gasteiger partial charge in [0.15, 0.2) is 5.69 Å². The molecule has 1 aromatic heterocycles. The fourth-order valence-corrected chi connectivity index (χ4v) is 2.80. The number of carbonyl (C=O) groups is 1. The maximum Gasteiger partial charge on any atom is 0.275 e. The van der Waals surface area contributed by atoms with Crippen LogP contribution in [0.5, 0.6) is 0 Å². The SMILES string of the molecule is Cc1cccc(N2CCC(NC(=O)c3nonc3C)CC2)c1. The molecule has 6 nitrogen and oxygen atoms in total. The summed E-state index contributed by atoms with van der Waals surface area (Å²) < 4.78 is 4.57. The zero-order valence-electron chi connectivity index (χ0n) is 12.9. The summed E-state index contributed by atoms with van der Waals surface area (Å²) in [5.41, 5.74) is 3.32. The summed E-state index contributed by atoms with van der Waals surface area (Å²) in [5, 5.41) is 10.3. The van der Waals surface area contributed by atoms with E-state index < -0.39 is 0 Å². The lowest BCUT2D eigenvalue weighted by Gasteiger charge is -2.34. The molecule has 1 saturated heterocycles. The summed E-state index contributed by atoms with van der Waals surface area (Å²) in [7, 11) is 0. The maximum atomic E-state index is 12.1. The predicted molar refractivity (Wildman–Crippen MR) is 82.9 cm³/mol. The number of nitrogens with one attached hydrogen (secondary N) is 1. The Bertz CT molecular complexity index is 660. The molecule has 3 rings (SSSR count). The third kappa shape index (κ3) is 3.10. The van der Waals surface area contributed by atoms with Crippen molar-refractivity contribution in [3.63, 3.8) is 0 Å². The van der Waals surface area contributed by atoms with Crippen LogP contribution < -0.4 is 10.2 Å². The number of rotatable bonds is 3. The van der Waals surface area contributed by atoms with Crippen LogP contribution in [0.2, 0.25) is 0 Å². The minimum atomic E-state index is -0.201. The normalized spacial score (nSPS) is 15.8. The highest BCUT2D eigenvalue weighted by Crippen LogP contribution is 2.21. The van der Waals surface area contributed by atoms with E-state index in [0.29, 0.717) is 5.69 Å². The average Bonchev–Trinajstić information content (AvgIpc) is 2.94. The van der Waals surface area contributed by atoms with Gasteiger partial charge in [0, 0.05) is 24.8 Å². The standard InChI is InChI=1S/C16H20N4O2/c1-11-4-3-5-14(10-11)20-8-6-13(7-9-20)17-16(21)15-12(2)18-22-19-15/h3-5,10,13H,6-9H2,1-2H3,(H,17,21). The van der Waals surface area contributed by atoms with Gasteiger partial charge in [0.2, 0.25) is 0 Å². The molecule has 1 N–H and O–H groups in total. The highest BCUT2D eigenvalue weighted by atomic mass is 16.6. The van der Waals surface area contributed by atoms with E-state index >= 15 is 0 Å². The molecule has 1 fully saturated rings. The third-order valence-corrected chi connectivity index (χ3v) is 4.06. The molecular formula is C16H20N4O2. The van der Waals surface area contributed by atoms with E-state index in [1.807, 2.05) is 0 Å². The number of aromatic nitrogens is 2. The van der Waals surface area contributed by atoms with Crippen molar-refractivity contribution < 1.29 is 9.42 Å². The van der Waals surface area contributed by atoms with Crippen LogP contribution in [0.1, 0.15) is 34.6 Å². The molecule has 0 aliphatic carbocycles. The first-order valence-electron chi connectivity index (χ1n) is 7.55. The molecule has 0 spiro atoms. The van der Waals surface area contributed by atoms with Crippen LogP contribution in [0, 0.1) is 13.8 Å². The van der Waals surface area contributed by atoms with Gasteiger partial charge in [-0.1, -0.05) is 17.3 Å². The summed E-state index contributed by atoms with van der Waals surface area (Å²) in [5.74, 6) is -0.201. The van der Waals surface area contributed by atoms with Gasteiger partial charge in [0.05, 0.1) is 0 Å². The second-order valence-corrected chi connectivity index (χ2v) is 5.77. The second-order valence-electron chi connectivity index (χ2n) is 5.77. The van der Waals surface area contributed by atoms with Crippen molar-refractivity contribution in [3.8, 4) is 0 Å². The number of nitrogens with zero attached hydrogens (tertiary/aromatic N) is 3. The van der Waals surface area contributed by atoms with Crippen LogP contribution in [-0.2, 0) is 0 Å². The number of piperidine rings is 1. The van der Waals surface area contributed by atoms with Gasteiger partial charge in [0.1, 0.15) is 5.69 Å². The number of benzene rings is 1. The van der Waals surface area contributed by atoms with Crippen molar-refractivity contribution in [1.82, 2.24) is 15.6 Å². The van der Waals surface area contributed by atoms with Gasteiger partial charge in [0.25, 0.3) is 5.91 Å². The van der Waals surface area contributed by atoms with Crippen LogP contribution in [0.25, 0.3) is 0 Å². The second kappa shape index (κ2) is 6.17. The zero-order chi connectivity index (χ0) is 15.5. The van der Waals surface area contributed by atoms with Crippen LogP contribution in [0.15, 0.2) is 28.9 Å². The number of hydrogen-bond acceptors (Lipinski definition) is 5. The molecular weight excluding hydrogens is 280 g/mol. The van der Waals surface area contributed by atoms with Crippen molar-refractivity contribution in [3.05, 3.63) is 41.2 Å². The highest BCUT2D eigenvalue weighted by Gasteiger charge is 2.23. The van der Waals surface area contributed by atoms with Gasteiger partial charge in [-0.2, -0.15) is 0 Å². The number of carbonyl (C=O) groups excluding carboxylic acids is 1. The molecule has 6 heteroatoms. The number of amides is 1. The summed E-state index contributed by atoms with van der Waals surface area (Å²) in [4.78, 5) is 14.5. The summed E-state index contributed by atoms with van der Waals surface area (Å²) in [6.07, 6.45) is 1.84. The first-order chi connectivity index (χ1) is 10.6. The number of anilines is 1. The molecule has 1 aliphatic heterocycles. The van der Waals surface area contributed by atoms with Crippen molar-refractivity contribution in [2.24, 2.45) is 0 Å². The Balaban J connectivity index is 1.56. The quantitative estimate of drug-likeness (QED) is 0.939. The fourth-order valence-electron chi connectivity index (χ4n) is 2.80. The van der Waals surface area contributed by atoms with Crippen molar-refractivity contribution in [1.29, 1.82) is 0 Å². The Kier molecular flexibility index (Phi) is 4.09. The minimum absolute atomic E-state index is 0.171. The zero-order valence-corrected chi connectivity index (χ0v) is 12.9. The van der Waals surface area contributed by atoms with Crippen LogP contribution in [0.4, 0.5) is 5.69 Å². The van der Waals surface area contributed by atoms with E-state index in [4.69, 9.17) is 0 Å². The Morgan fingerprint density at radius 2 is 2.05 bits per heavy atom. The smallest absolute Gasteiger partial charge is 0.275 e. The molecule has 0 atom stereocenters. The van der Waals surface area contributed by atoms with Gasteiger partial charge in [-0.25, -0.2) is 4.63 Å². The van der Waals surface area contributed by atoms with Crippen molar-refractivity contribution in [2.75, 3.05) is 18.0 Å². The summed E-state index contributed by atoms with van der Waals surface area (Å²) in [6, 6.07) is 8.69. The van der Waals surface area contributed by atoms with Crippen molar-refractivity contribution in [2.45, 2.75) is 32.7 Å². The molecule has 1 aliphatic rings. The van der Waals surface area contributed by atoms with Gasteiger partial charge < -0.3 is 10.2 Å². The van der Waals surface area contributed by atoms with Crippen LogP contribution in [0.3, 0.4) is 0 Å². The minimum Gasteiger partial charge on any atom is -0.371 e. The first kappa shape index (κ1) is 14.6. The Morgan fingerprint density at radius 3 is 2.68 bits per heavy atom. The number of aryl methyl sites for hydroxylation is 2. The van der Waals surface area contributed by atoms with Gasteiger partial charge in [-0.3, -0.25) is 4.79 Å². The van der Waals surface area contributed by atoms with E-state index in [9.17, 15) is 4.79 Å². The molecule has 1 amide bonds. The van der Waals surface area contributed by atoms with E-state index in [2.05, 4.69) is 56.3 Å². The van der Waals surface area contributed by atoms with E-state index in [1.165, 1.54) is 11.3 Å². The highest BCUT2D eigenvalue weighted by molar-refractivity contribution is 5.93. The molecule has 116 valence electrons. The van der Waals surface area contributed by atoms with Crippen LogP contribution in [-0.4, -0.2) is 35.4 Å². The van der Waals surface area contributed by atoms with E-state index in [1.54, 1.807) is 6.92 Å². The fraction of sp³-hybridized carbons (Fsp3) is 0.438. The van der Waals surface area contributed by atoms with Crippen molar-refractivity contribution >= 4 is 11.6 Å². The molecule has 0 unspecified atom stereocenters. The first-order valence-corrected chi connectivity index (χ1v) is 7.55. The maximum absolute atomic E-state index is 12.1. The topological polar surface area (TPSA) is 71.3 Å². The monoisotopic (exact) mass is 300 g/mol. The molecule has 1 aromatic carbocycles. The summed E-state index contributed by atoms with van der Waals surface area (Å²) in [6.45, 7) is 5.69. The molecule has 0 radical (unpaired) electrons. The predicted octanol–water partition coefficient (Wildman–Crippen LogP) is 2.09. The molecule has 22 heavy (non-hydrogen) atoms. The molecule has 2 aromatic rings. The summed E-state index contributed by atoms with van der Waals surface area (Å²) >= 11 is 0. The Labute approximate surface area is 129 Å². The molecule has 0 saturated carbocycles. The lowest BCUT2D eigenvalue weighted by Crippen LogP contribution is -2.45. The average molecular weight is 300 g/mol. The Hall–Kier alpha value is -2.37. The number of hydrogen-bond donors (Lipinski definition) is 1. The lowest BCUT2D eigenvalue weighted by atomic mass is 10.0. The lowest BCUT2D eigenvalue weighted by molar-refractivity contribution is 0.0920. The largest absolute Gasteiger partial charge is 0.371 e. The van der Waals surface area contributed by atoms with Gasteiger partial charge in [-0.05, 0) is 49.5 Å². The molecule has 2 heterocycles. The third-order valence-electron chi connectivity index (χ3n) is 4.06. The van der Waals surface area contributed by atoms with Crippen LogP contribution >= 0.6 is 0 Å². The van der Waals surface area contributed by atoms with Gasteiger partial charge >= 0.3 is 0 Å². The van der Waals surface area contributed by atoms with Gasteiger partial charge in [-0.15, -0.1) is 0 Å². The molecule has 0 bridgehead atoms. The van der Waals surface area contributed by atoms with E-state index in [0.717, 1.165) is 25.9 Å². The van der Waals surface area contributed by atoms with E-state index in [-0.39, 0.29) is 17.6 Å². The Morgan fingerprint density at radius 1 is 1.27 bits per heavy atom.